The molecule has 0 spiro atoms. The number of carbonyl (C=O) groups is 1. The predicted molar refractivity (Wildman–Crippen MR) is 102 cm³/mol. The second-order valence-corrected chi connectivity index (χ2v) is 6.87. The van der Waals surface area contributed by atoms with Crippen molar-refractivity contribution in [3.63, 3.8) is 0 Å². The molecule has 1 aromatic heterocycles. The van der Waals surface area contributed by atoms with Gasteiger partial charge in [0.05, 0.1) is 20.3 Å². The van der Waals surface area contributed by atoms with E-state index in [4.69, 9.17) is 9.47 Å². The molecule has 0 saturated carbocycles. The standard InChI is InChI=1S/C21H28N2O3/c1-15-7-8-16(2)22(15)13-11-21(24)23-12-5-6-19(23)18-10-9-17(25-3)14-20(18)26-4/h7-10,14,19H,5-6,11-13H2,1-4H3/t19-/m0/s1. The van der Waals surface area contributed by atoms with Gasteiger partial charge in [-0.2, -0.15) is 0 Å². The molecule has 3 rings (SSSR count). The Morgan fingerprint density at radius 3 is 2.50 bits per heavy atom. The summed E-state index contributed by atoms with van der Waals surface area (Å²) in [5.41, 5.74) is 3.46. The van der Waals surface area contributed by atoms with E-state index >= 15 is 0 Å². The fraction of sp³-hybridized carbons (Fsp3) is 0.476. The lowest BCUT2D eigenvalue weighted by atomic mass is 10.0. The number of likely N-dealkylation sites (tertiary alicyclic amines) is 1. The largest absolute Gasteiger partial charge is 0.497 e. The van der Waals surface area contributed by atoms with E-state index in [1.54, 1.807) is 14.2 Å². The van der Waals surface area contributed by atoms with Gasteiger partial charge in [0.15, 0.2) is 0 Å². The van der Waals surface area contributed by atoms with E-state index in [1.807, 2.05) is 23.1 Å². The van der Waals surface area contributed by atoms with Crippen molar-refractivity contribution >= 4 is 5.91 Å². The summed E-state index contributed by atoms with van der Waals surface area (Å²) >= 11 is 0. The maximum Gasteiger partial charge on any atom is 0.224 e. The highest BCUT2D eigenvalue weighted by Gasteiger charge is 2.31. The van der Waals surface area contributed by atoms with Gasteiger partial charge in [-0.25, -0.2) is 0 Å². The average molecular weight is 356 g/mol. The first-order valence-electron chi connectivity index (χ1n) is 9.19. The smallest absolute Gasteiger partial charge is 0.224 e. The quantitative estimate of drug-likeness (QED) is 0.789. The lowest BCUT2D eigenvalue weighted by Crippen LogP contribution is -2.31. The number of nitrogens with zero attached hydrogens (tertiary/aromatic N) is 2. The minimum Gasteiger partial charge on any atom is -0.497 e. The number of hydrogen-bond donors (Lipinski definition) is 0. The molecule has 140 valence electrons. The molecule has 0 aliphatic carbocycles. The Balaban J connectivity index is 1.74. The zero-order chi connectivity index (χ0) is 18.7. The van der Waals surface area contributed by atoms with Crippen LogP contribution in [0.3, 0.4) is 0 Å². The maximum absolute atomic E-state index is 12.9. The van der Waals surface area contributed by atoms with Crippen LogP contribution >= 0.6 is 0 Å². The Labute approximate surface area is 155 Å². The molecule has 1 aromatic carbocycles. The van der Waals surface area contributed by atoms with E-state index in [2.05, 4.69) is 30.5 Å². The molecular weight excluding hydrogens is 328 g/mol. The van der Waals surface area contributed by atoms with Crippen molar-refractivity contribution < 1.29 is 14.3 Å². The minimum atomic E-state index is 0.0789. The van der Waals surface area contributed by atoms with E-state index in [0.29, 0.717) is 6.42 Å². The monoisotopic (exact) mass is 356 g/mol. The number of hydrogen-bond acceptors (Lipinski definition) is 3. The van der Waals surface area contributed by atoms with Crippen LogP contribution in [0.5, 0.6) is 11.5 Å². The van der Waals surface area contributed by atoms with Crippen molar-refractivity contribution in [1.29, 1.82) is 0 Å². The number of carbonyl (C=O) groups excluding carboxylic acids is 1. The summed E-state index contributed by atoms with van der Waals surface area (Å²) in [5, 5.41) is 0. The third kappa shape index (κ3) is 3.57. The molecule has 5 heteroatoms. The molecule has 1 saturated heterocycles. The molecule has 1 atom stereocenters. The van der Waals surface area contributed by atoms with Gasteiger partial charge in [-0.3, -0.25) is 4.79 Å². The highest BCUT2D eigenvalue weighted by molar-refractivity contribution is 5.77. The number of methoxy groups -OCH3 is 2. The van der Waals surface area contributed by atoms with E-state index < -0.39 is 0 Å². The second-order valence-electron chi connectivity index (χ2n) is 6.87. The molecule has 2 aromatic rings. The van der Waals surface area contributed by atoms with Crippen molar-refractivity contribution in [2.24, 2.45) is 0 Å². The molecule has 26 heavy (non-hydrogen) atoms. The molecule has 0 radical (unpaired) electrons. The Hall–Kier alpha value is -2.43. The molecule has 0 bridgehead atoms. The number of aromatic nitrogens is 1. The molecule has 1 fully saturated rings. The average Bonchev–Trinajstić information content (AvgIpc) is 3.26. The summed E-state index contributed by atoms with van der Waals surface area (Å²) in [7, 11) is 3.31. The van der Waals surface area contributed by atoms with Crippen LogP contribution in [0.2, 0.25) is 0 Å². The third-order valence-electron chi connectivity index (χ3n) is 5.34. The summed E-state index contributed by atoms with van der Waals surface area (Å²) < 4.78 is 13.0. The normalized spacial score (nSPS) is 16.8. The minimum absolute atomic E-state index is 0.0789. The number of benzene rings is 1. The van der Waals surface area contributed by atoms with Crippen LogP contribution in [0, 0.1) is 13.8 Å². The second kappa shape index (κ2) is 7.85. The fourth-order valence-electron chi connectivity index (χ4n) is 3.89. The SMILES string of the molecule is COc1ccc([C@@H]2CCCN2C(=O)CCn2c(C)ccc2C)c(OC)c1. The maximum atomic E-state index is 12.9. The van der Waals surface area contributed by atoms with Crippen molar-refractivity contribution in [2.75, 3.05) is 20.8 Å². The van der Waals surface area contributed by atoms with E-state index in [1.165, 1.54) is 11.4 Å². The lowest BCUT2D eigenvalue weighted by molar-refractivity contribution is -0.132. The van der Waals surface area contributed by atoms with Crippen molar-refractivity contribution in [3.05, 3.63) is 47.3 Å². The molecule has 1 aliphatic heterocycles. The summed E-state index contributed by atoms with van der Waals surface area (Å²) in [6, 6.07) is 10.1. The van der Waals surface area contributed by atoms with Crippen LogP contribution in [0.15, 0.2) is 30.3 Å². The van der Waals surface area contributed by atoms with Gasteiger partial charge >= 0.3 is 0 Å². The van der Waals surface area contributed by atoms with Crippen molar-refractivity contribution in [1.82, 2.24) is 9.47 Å². The first-order valence-corrected chi connectivity index (χ1v) is 9.19. The molecule has 1 aliphatic rings. The highest BCUT2D eigenvalue weighted by Crippen LogP contribution is 2.39. The zero-order valence-electron chi connectivity index (χ0n) is 16.1. The van der Waals surface area contributed by atoms with Gasteiger partial charge in [-0.05, 0) is 51.0 Å². The Morgan fingerprint density at radius 1 is 1.12 bits per heavy atom. The van der Waals surface area contributed by atoms with E-state index in [0.717, 1.165) is 43.0 Å². The molecule has 1 amide bonds. The Kier molecular flexibility index (Phi) is 5.55. The number of ether oxygens (including phenoxy) is 2. The summed E-state index contributed by atoms with van der Waals surface area (Å²) in [6.07, 6.45) is 2.51. The third-order valence-corrected chi connectivity index (χ3v) is 5.34. The first-order chi connectivity index (χ1) is 12.5. The van der Waals surface area contributed by atoms with Crippen LogP contribution in [0.25, 0.3) is 0 Å². The van der Waals surface area contributed by atoms with E-state index in [9.17, 15) is 4.79 Å². The first kappa shape index (κ1) is 18.4. The summed E-state index contributed by atoms with van der Waals surface area (Å²) in [4.78, 5) is 14.9. The van der Waals surface area contributed by atoms with Gasteiger partial charge in [0.25, 0.3) is 0 Å². The van der Waals surface area contributed by atoms with Gasteiger partial charge < -0.3 is 18.9 Å². The number of rotatable bonds is 6. The Morgan fingerprint density at radius 2 is 1.85 bits per heavy atom. The number of amides is 1. The predicted octanol–water partition coefficient (Wildman–Crippen LogP) is 3.88. The Bertz CT molecular complexity index is 762. The van der Waals surface area contributed by atoms with Crippen LogP contribution in [0.4, 0.5) is 0 Å². The molecule has 0 N–H and O–H groups in total. The van der Waals surface area contributed by atoms with Crippen LogP contribution in [-0.4, -0.2) is 36.1 Å². The fourth-order valence-corrected chi connectivity index (χ4v) is 3.89. The van der Waals surface area contributed by atoms with Gasteiger partial charge in [0, 0.05) is 42.5 Å². The van der Waals surface area contributed by atoms with Gasteiger partial charge in [0.2, 0.25) is 5.91 Å². The number of aryl methyl sites for hydroxylation is 2. The molecular formula is C21H28N2O3. The van der Waals surface area contributed by atoms with Gasteiger partial charge in [0.1, 0.15) is 11.5 Å². The lowest BCUT2D eigenvalue weighted by Gasteiger charge is -2.27. The van der Waals surface area contributed by atoms with Crippen LogP contribution in [0.1, 0.15) is 42.3 Å². The molecule has 2 heterocycles. The van der Waals surface area contributed by atoms with Crippen LogP contribution in [-0.2, 0) is 11.3 Å². The molecule has 5 nitrogen and oxygen atoms in total. The van der Waals surface area contributed by atoms with Crippen molar-refractivity contribution in [2.45, 2.75) is 45.7 Å². The summed E-state index contributed by atoms with van der Waals surface area (Å²) in [5.74, 6) is 1.75. The topological polar surface area (TPSA) is 43.7 Å². The summed E-state index contributed by atoms with van der Waals surface area (Å²) in [6.45, 7) is 5.70. The molecule has 0 unspecified atom stereocenters. The van der Waals surface area contributed by atoms with Gasteiger partial charge in [-0.1, -0.05) is 0 Å². The highest BCUT2D eigenvalue weighted by atomic mass is 16.5. The van der Waals surface area contributed by atoms with Crippen molar-refractivity contribution in [3.8, 4) is 11.5 Å². The van der Waals surface area contributed by atoms with Crippen LogP contribution < -0.4 is 9.47 Å². The van der Waals surface area contributed by atoms with Gasteiger partial charge in [-0.15, -0.1) is 0 Å². The van der Waals surface area contributed by atoms with E-state index in [-0.39, 0.29) is 11.9 Å². The zero-order valence-corrected chi connectivity index (χ0v) is 16.1.